The van der Waals surface area contributed by atoms with E-state index in [-0.39, 0.29) is 0 Å². The van der Waals surface area contributed by atoms with Crippen LogP contribution in [0.15, 0.2) is 18.2 Å². The molecule has 1 aliphatic heterocycles. The van der Waals surface area contributed by atoms with Gasteiger partial charge in [-0.15, -0.1) is 0 Å². The normalized spacial score (nSPS) is 27.0. The number of hydrogen-bond acceptors (Lipinski definition) is 2. The van der Waals surface area contributed by atoms with Gasteiger partial charge in [0.25, 0.3) is 0 Å². The molecule has 0 radical (unpaired) electrons. The zero-order valence-corrected chi connectivity index (χ0v) is 13.2. The van der Waals surface area contributed by atoms with E-state index >= 15 is 0 Å². The van der Waals surface area contributed by atoms with Gasteiger partial charge in [0.15, 0.2) is 0 Å². The summed E-state index contributed by atoms with van der Waals surface area (Å²) in [6.45, 7) is 10.4. The van der Waals surface area contributed by atoms with Crippen molar-refractivity contribution >= 4 is 0 Å². The molecule has 3 rings (SSSR count). The lowest BCUT2D eigenvalue weighted by molar-refractivity contribution is 0.116. The number of nitrogens with zero attached hydrogens (tertiary/aromatic N) is 1. The highest BCUT2D eigenvalue weighted by molar-refractivity contribution is 5.35. The molecule has 0 spiro atoms. The maximum absolute atomic E-state index is 3.68. The topological polar surface area (TPSA) is 15.3 Å². The molecule has 2 atom stereocenters. The minimum Gasteiger partial charge on any atom is -0.311 e. The van der Waals surface area contributed by atoms with Crippen molar-refractivity contribution in [1.82, 2.24) is 10.2 Å². The average molecular weight is 272 g/mol. The van der Waals surface area contributed by atoms with Gasteiger partial charge in [-0.05, 0) is 48.8 Å². The van der Waals surface area contributed by atoms with Crippen LogP contribution in [0, 0.1) is 5.92 Å². The molecule has 1 aliphatic carbocycles. The van der Waals surface area contributed by atoms with Crippen molar-refractivity contribution in [3.8, 4) is 0 Å². The first-order valence-corrected chi connectivity index (χ1v) is 8.21. The fraction of sp³-hybridized carbons (Fsp3) is 0.667. The molecule has 2 heteroatoms. The Morgan fingerprint density at radius 2 is 2.05 bits per heavy atom. The standard InChI is InChI=1S/C18H28N2/c1-13(2)18-12-20(14(3)10-19-18)11-15-7-8-16-5-4-6-17(16)9-15/h7-9,13-14,18-19H,4-6,10-12H2,1-3H3. The second-order valence-electron chi connectivity index (χ2n) is 6.99. The predicted molar refractivity (Wildman–Crippen MR) is 85.0 cm³/mol. The first kappa shape index (κ1) is 14.1. The van der Waals surface area contributed by atoms with Crippen LogP contribution in [0.2, 0.25) is 0 Å². The smallest absolute Gasteiger partial charge is 0.0237 e. The summed E-state index contributed by atoms with van der Waals surface area (Å²) in [4.78, 5) is 2.65. The number of fused-ring (bicyclic) bond motifs is 1. The van der Waals surface area contributed by atoms with Gasteiger partial charge in [0.1, 0.15) is 0 Å². The van der Waals surface area contributed by atoms with E-state index in [1.807, 2.05) is 0 Å². The number of aryl methyl sites for hydroxylation is 2. The fourth-order valence-electron chi connectivity index (χ4n) is 3.57. The van der Waals surface area contributed by atoms with Crippen LogP contribution in [-0.2, 0) is 19.4 Å². The van der Waals surface area contributed by atoms with E-state index < -0.39 is 0 Å². The van der Waals surface area contributed by atoms with Crippen molar-refractivity contribution < 1.29 is 0 Å². The van der Waals surface area contributed by atoms with Crippen molar-refractivity contribution in [3.05, 3.63) is 34.9 Å². The first-order valence-electron chi connectivity index (χ1n) is 8.21. The zero-order chi connectivity index (χ0) is 14.1. The number of benzene rings is 1. The lowest BCUT2D eigenvalue weighted by atomic mass is 9.98. The maximum Gasteiger partial charge on any atom is 0.0237 e. The molecule has 1 saturated heterocycles. The Balaban J connectivity index is 1.69. The van der Waals surface area contributed by atoms with Crippen LogP contribution >= 0.6 is 0 Å². The van der Waals surface area contributed by atoms with Gasteiger partial charge >= 0.3 is 0 Å². The Morgan fingerprint density at radius 3 is 2.85 bits per heavy atom. The third-order valence-electron chi connectivity index (χ3n) is 5.08. The quantitative estimate of drug-likeness (QED) is 0.910. The first-order chi connectivity index (χ1) is 9.63. The number of rotatable bonds is 3. The summed E-state index contributed by atoms with van der Waals surface area (Å²) in [7, 11) is 0. The maximum atomic E-state index is 3.68. The van der Waals surface area contributed by atoms with Crippen molar-refractivity contribution in [2.75, 3.05) is 13.1 Å². The Labute approximate surface area is 123 Å². The minimum atomic E-state index is 0.637. The third kappa shape index (κ3) is 2.91. The van der Waals surface area contributed by atoms with Crippen LogP contribution in [0.5, 0.6) is 0 Å². The van der Waals surface area contributed by atoms with E-state index in [4.69, 9.17) is 0 Å². The van der Waals surface area contributed by atoms with Gasteiger partial charge in [0.2, 0.25) is 0 Å². The van der Waals surface area contributed by atoms with Gasteiger partial charge in [0, 0.05) is 31.7 Å². The molecule has 1 aromatic rings. The fourth-order valence-corrected chi connectivity index (χ4v) is 3.57. The van der Waals surface area contributed by atoms with Gasteiger partial charge in [-0.25, -0.2) is 0 Å². The summed E-state index contributed by atoms with van der Waals surface area (Å²) >= 11 is 0. The molecule has 0 amide bonds. The van der Waals surface area contributed by atoms with Gasteiger partial charge in [0.05, 0.1) is 0 Å². The molecule has 0 saturated carbocycles. The second-order valence-corrected chi connectivity index (χ2v) is 6.99. The molecule has 110 valence electrons. The summed E-state index contributed by atoms with van der Waals surface area (Å²) in [5, 5.41) is 3.68. The highest BCUT2D eigenvalue weighted by atomic mass is 15.2. The third-order valence-corrected chi connectivity index (χ3v) is 5.08. The SMILES string of the molecule is CC(C)C1CN(Cc2ccc3c(c2)CCC3)C(C)CN1. The Kier molecular flexibility index (Phi) is 4.13. The lowest BCUT2D eigenvalue weighted by Crippen LogP contribution is -2.56. The monoisotopic (exact) mass is 272 g/mol. The molecule has 2 unspecified atom stereocenters. The Morgan fingerprint density at radius 1 is 1.25 bits per heavy atom. The molecule has 1 N–H and O–H groups in total. The predicted octanol–water partition coefficient (Wildman–Crippen LogP) is 2.99. The summed E-state index contributed by atoms with van der Waals surface area (Å²) in [5.74, 6) is 0.713. The van der Waals surface area contributed by atoms with Crippen LogP contribution in [0.25, 0.3) is 0 Å². The van der Waals surface area contributed by atoms with Gasteiger partial charge < -0.3 is 5.32 Å². The van der Waals surface area contributed by atoms with E-state index in [0.717, 1.165) is 13.1 Å². The van der Waals surface area contributed by atoms with Crippen LogP contribution < -0.4 is 5.32 Å². The van der Waals surface area contributed by atoms with E-state index in [1.54, 1.807) is 11.1 Å². The molecule has 1 fully saturated rings. The molecule has 1 aromatic carbocycles. The van der Waals surface area contributed by atoms with Gasteiger partial charge in [-0.2, -0.15) is 0 Å². The van der Waals surface area contributed by atoms with Gasteiger partial charge in [-0.3, -0.25) is 4.90 Å². The number of piperazine rings is 1. The van der Waals surface area contributed by atoms with Gasteiger partial charge in [-0.1, -0.05) is 32.0 Å². The van der Waals surface area contributed by atoms with E-state index in [0.29, 0.717) is 18.0 Å². The van der Waals surface area contributed by atoms with E-state index in [1.165, 1.54) is 31.4 Å². The number of hydrogen-bond donors (Lipinski definition) is 1. The van der Waals surface area contributed by atoms with Crippen LogP contribution in [0.3, 0.4) is 0 Å². The molecular weight excluding hydrogens is 244 g/mol. The molecule has 0 aromatic heterocycles. The Bertz CT molecular complexity index is 466. The molecule has 1 heterocycles. The zero-order valence-electron chi connectivity index (χ0n) is 13.2. The largest absolute Gasteiger partial charge is 0.311 e. The van der Waals surface area contributed by atoms with Crippen LogP contribution in [-0.4, -0.2) is 30.1 Å². The summed E-state index contributed by atoms with van der Waals surface area (Å²) in [5.41, 5.74) is 4.69. The molecule has 2 nitrogen and oxygen atoms in total. The second kappa shape index (κ2) is 5.87. The average Bonchev–Trinajstić information content (AvgIpc) is 2.88. The van der Waals surface area contributed by atoms with Crippen molar-refractivity contribution in [1.29, 1.82) is 0 Å². The van der Waals surface area contributed by atoms with E-state index in [2.05, 4.69) is 49.2 Å². The molecule has 20 heavy (non-hydrogen) atoms. The molecule has 2 aliphatic rings. The number of nitrogens with one attached hydrogen (secondary N) is 1. The van der Waals surface area contributed by atoms with Crippen LogP contribution in [0.1, 0.15) is 43.9 Å². The van der Waals surface area contributed by atoms with Crippen molar-refractivity contribution in [2.24, 2.45) is 5.92 Å². The van der Waals surface area contributed by atoms with Crippen LogP contribution in [0.4, 0.5) is 0 Å². The van der Waals surface area contributed by atoms with E-state index in [9.17, 15) is 0 Å². The summed E-state index contributed by atoms with van der Waals surface area (Å²) in [6.07, 6.45) is 3.92. The molecule has 0 bridgehead atoms. The molecular formula is C18H28N2. The highest BCUT2D eigenvalue weighted by Crippen LogP contribution is 2.24. The minimum absolute atomic E-state index is 0.637. The highest BCUT2D eigenvalue weighted by Gasteiger charge is 2.26. The van der Waals surface area contributed by atoms with Crippen molar-refractivity contribution in [2.45, 2.75) is 58.7 Å². The van der Waals surface area contributed by atoms with Crippen molar-refractivity contribution in [3.63, 3.8) is 0 Å². The Hall–Kier alpha value is -0.860. The summed E-state index contributed by atoms with van der Waals surface area (Å²) in [6, 6.07) is 8.45. The summed E-state index contributed by atoms with van der Waals surface area (Å²) < 4.78 is 0. The lowest BCUT2D eigenvalue weighted by Gasteiger charge is -2.40.